The van der Waals surface area contributed by atoms with Crippen LogP contribution in [-0.2, 0) is 4.79 Å². The molecule has 1 amide bonds. The summed E-state index contributed by atoms with van der Waals surface area (Å²) in [6.45, 7) is 2.95. The summed E-state index contributed by atoms with van der Waals surface area (Å²) in [5.41, 5.74) is 2.02. The SMILES string of the molecule is CCC(Nc1ccc(N2CCCC2=O)cc1)c1ccco1. The van der Waals surface area contributed by atoms with E-state index < -0.39 is 0 Å². The van der Waals surface area contributed by atoms with Crippen molar-refractivity contribution in [3.63, 3.8) is 0 Å². The highest BCUT2D eigenvalue weighted by molar-refractivity contribution is 5.95. The van der Waals surface area contributed by atoms with E-state index in [-0.39, 0.29) is 11.9 Å². The van der Waals surface area contributed by atoms with Crippen molar-refractivity contribution < 1.29 is 9.21 Å². The molecule has 4 heteroatoms. The van der Waals surface area contributed by atoms with E-state index in [1.54, 1.807) is 6.26 Å². The van der Waals surface area contributed by atoms with Crippen molar-refractivity contribution >= 4 is 17.3 Å². The van der Waals surface area contributed by atoms with E-state index in [1.165, 1.54) is 0 Å². The van der Waals surface area contributed by atoms with Crippen LogP contribution < -0.4 is 10.2 Å². The minimum absolute atomic E-state index is 0.166. The first-order valence-corrected chi connectivity index (χ1v) is 7.48. The lowest BCUT2D eigenvalue weighted by Crippen LogP contribution is -2.23. The predicted molar refractivity (Wildman–Crippen MR) is 83.4 cm³/mol. The Kier molecular flexibility index (Phi) is 3.95. The van der Waals surface area contributed by atoms with Gasteiger partial charge >= 0.3 is 0 Å². The zero-order valence-electron chi connectivity index (χ0n) is 12.2. The zero-order valence-corrected chi connectivity index (χ0v) is 12.2. The molecule has 0 aliphatic carbocycles. The lowest BCUT2D eigenvalue weighted by atomic mass is 10.1. The smallest absolute Gasteiger partial charge is 0.227 e. The van der Waals surface area contributed by atoms with Crippen molar-refractivity contribution in [2.75, 3.05) is 16.8 Å². The van der Waals surface area contributed by atoms with Gasteiger partial charge in [0, 0.05) is 24.3 Å². The Morgan fingerprint density at radius 2 is 2.10 bits per heavy atom. The highest BCUT2D eigenvalue weighted by Gasteiger charge is 2.21. The molecule has 0 radical (unpaired) electrons. The number of carbonyl (C=O) groups is 1. The Bertz CT molecular complexity index is 590. The quantitative estimate of drug-likeness (QED) is 0.903. The summed E-state index contributed by atoms with van der Waals surface area (Å²) in [5, 5.41) is 3.46. The Morgan fingerprint density at radius 1 is 1.29 bits per heavy atom. The molecule has 0 saturated carbocycles. The van der Waals surface area contributed by atoms with Crippen LogP contribution >= 0.6 is 0 Å². The van der Waals surface area contributed by atoms with Crippen LogP contribution in [0.5, 0.6) is 0 Å². The van der Waals surface area contributed by atoms with Crippen LogP contribution in [0.2, 0.25) is 0 Å². The largest absolute Gasteiger partial charge is 0.467 e. The van der Waals surface area contributed by atoms with Gasteiger partial charge in [0.1, 0.15) is 5.76 Å². The summed E-state index contributed by atoms with van der Waals surface area (Å²) in [6.07, 6.45) is 4.26. The van der Waals surface area contributed by atoms with Crippen LogP contribution in [0.25, 0.3) is 0 Å². The van der Waals surface area contributed by atoms with Gasteiger partial charge < -0.3 is 14.6 Å². The third-order valence-corrected chi connectivity index (χ3v) is 3.89. The van der Waals surface area contributed by atoms with Crippen LogP contribution in [0.3, 0.4) is 0 Å². The van der Waals surface area contributed by atoms with Crippen molar-refractivity contribution in [2.45, 2.75) is 32.2 Å². The number of nitrogens with one attached hydrogen (secondary N) is 1. The number of amides is 1. The summed E-state index contributed by atoms with van der Waals surface area (Å²) in [5.74, 6) is 1.16. The topological polar surface area (TPSA) is 45.5 Å². The molecule has 1 N–H and O–H groups in total. The van der Waals surface area contributed by atoms with E-state index in [0.29, 0.717) is 6.42 Å². The normalized spacial score (nSPS) is 16.2. The molecule has 1 saturated heterocycles. The molecule has 1 aromatic carbocycles. The molecule has 1 aliphatic heterocycles. The van der Waals surface area contributed by atoms with Crippen molar-refractivity contribution in [3.8, 4) is 0 Å². The van der Waals surface area contributed by atoms with Crippen LogP contribution in [0.4, 0.5) is 11.4 Å². The molecule has 1 fully saturated rings. The van der Waals surface area contributed by atoms with Gasteiger partial charge in [0.15, 0.2) is 0 Å². The first-order valence-electron chi connectivity index (χ1n) is 7.48. The molecular weight excluding hydrogens is 264 g/mol. The maximum atomic E-state index is 11.7. The molecule has 1 atom stereocenters. The highest BCUT2D eigenvalue weighted by Crippen LogP contribution is 2.26. The van der Waals surface area contributed by atoms with E-state index in [2.05, 4.69) is 12.2 Å². The average molecular weight is 284 g/mol. The molecule has 0 spiro atoms. The second-order valence-corrected chi connectivity index (χ2v) is 5.32. The van der Waals surface area contributed by atoms with E-state index >= 15 is 0 Å². The predicted octanol–water partition coefficient (Wildman–Crippen LogP) is 3.97. The van der Waals surface area contributed by atoms with Gasteiger partial charge in [0.2, 0.25) is 5.91 Å². The molecule has 1 aliphatic rings. The van der Waals surface area contributed by atoms with Crippen molar-refractivity contribution in [2.24, 2.45) is 0 Å². The summed E-state index contributed by atoms with van der Waals surface area (Å²) >= 11 is 0. The number of hydrogen-bond donors (Lipinski definition) is 1. The second kappa shape index (κ2) is 6.04. The molecule has 0 bridgehead atoms. The Morgan fingerprint density at radius 3 is 2.67 bits per heavy atom. The van der Waals surface area contributed by atoms with Gasteiger partial charge in [-0.2, -0.15) is 0 Å². The van der Waals surface area contributed by atoms with E-state index in [1.807, 2.05) is 41.3 Å². The number of rotatable bonds is 5. The maximum Gasteiger partial charge on any atom is 0.227 e. The summed E-state index contributed by atoms with van der Waals surface area (Å²) in [6, 6.07) is 12.1. The van der Waals surface area contributed by atoms with Crippen LogP contribution in [0.15, 0.2) is 47.1 Å². The van der Waals surface area contributed by atoms with Crippen molar-refractivity contribution in [1.82, 2.24) is 0 Å². The molecule has 2 aromatic rings. The Balaban J connectivity index is 1.70. The molecule has 1 aromatic heterocycles. The van der Waals surface area contributed by atoms with Gasteiger partial charge in [0.25, 0.3) is 0 Å². The van der Waals surface area contributed by atoms with Crippen LogP contribution in [-0.4, -0.2) is 12.5 Å². The standard InChI is InChI=1S/C17H20N2O2/c1-2-15(16-5-4-12-21-16)18-13-7-9-14(10-8-13)19-11-3-6-17(19)20/h4-5,7-10,12,15,18H,2-3,6,11H2,1H3. The Labute approximate surface area is 124 Å². The van der Waals surface area contributed by atoms with Crippen molar-refractivity contribution in [1.29, 1.82) is 0 Å². The Hall–Kier alpha value is -2.23. The monoisotopic (exact) mass is 284 g/mol. The minimum Gasteiger partial charge on any atom is -0.467 e. The summed E-state index contributed by atoms with van der Waals surface area (Å²) < 4.78 is 5.46. The number of anilines is 2. The van der Waals surface area contributed by atoms with E-state index in [4.69, 9.17) is 4.42 Å². The highest BCUT2D eigenvalue weighted by atomic mass is 16.3. The summed E-state index contributed by atoms with van der Waals surface area (Å²) in [7, 11) is 0. The first kappa shape index (κ1) is 13.7. The van der Waals surface area contributed by atoms with E-state index in [9.17, 15) is 4.79 Å². The third kappa shape index (κ3) is 2.94. The van der Waals surface area contributed by atoms with Crippen LogP contribution in [0.1, 0.15) is 38.0 Å². The average Bonchev–Trinajstić information content (AvgIpc) is 3.17. The van der Waals surface area contributed by atoms with Gasteiger partial charge in [0.05, 0.1) is 12.3 Å². The van der Waals surface area contributed by atoms with Gasteiger partial charge in [-0.25, -0.2) is 0 Å². The minimum atomic E-state index is 0.166. The molecular formula is C17H20N2O2. The molecule has 2 heterocycles. The van der Waals surface area contributed by atoms with Gasteiger partial charge in [-0.15, -0.1) is 0 Å². The number of hydrogen-bond acceptors (Lipinski definition) is 3. The number of nitrogens with zero attached hydrogens (tertiary/aromatic N) is 1. The molecule has 21 heavy (non-hydrogen) atoms. The molecule has 1 unspecified atom stereocenters. The fourth-order valence-corrected chi connectivity index (χ4v) is 2.72. The fraction of sp³-hybridized carbons (Fsp3) is 0.353. The van der Waals surface area contributed by atoms with E-state index in [0.717, 1.165) is 36.5 Å². The molecule has 3 rings (SSSR count). The fourth-order valence-electron chi connectivity index (χ4n) is 2.72. The number of benzene rings is 1. The van der Waals surface area contributed by atoms with Crippen molar-refractivity contribution in [3.05, 3.63) is 48.4 Å². The molecule has 110 valence electrons. The first-order chi connectivity index (χ1) is 10.3. The third-order valence-electron chi connectivity index (χ3n) is 3.89. The van der Waals surface area contributed by atoms with Gasteiger partial charge in [-0.05, 0) is 49.2 Å². The zero-order chi connectivity index (χ0) is 14.7. The lowest BCUT2D eigenvalue weighted by molar-refractivity contribution is -0.117. The maximum absolute atomic E-state index is 11.7. The number of furan rings is 1. The van der Waals surface area contributed by atoms with Gasteiger partial charge in [-0.1, -0.05) is 6.92 Å². The van der Waals surface area contributed by atoms with Gasteiger partial charge in [-0.3, -0.25) is 4.79 Å². The molecule has 4 nitrogen and oxygen atoms in total. The number of carbonyl (C=O) groups excluding carboxylic acids is 1. The summed E-state index contributed by atoms with van der Waals surface area (Å²) in [4.78, 5) is 13.6. The van der Waals surface area contributed by atoms with Crippen LogP contribution in [0, 0.1) is 0 Å². The lowest BCUT2D eigenvalue weighted by Gasteiger charge is -2.18. The second-order valence-electron chi connectivity index (χ2n) is 5.32.